The number of aryl methyl sites for hydroxylation is 1. The summed E-state index contributed by atoms with van der Waals surface area (Å²) in [6.07, 6.45) is 0.998. The van der Waals surface area contributed by atoms with E-state index < -0.39 is 0 Å². The summed E-state index contributed by atoms with van der Waals surface area (Å²) in [5.74, 6) is 2.55. The second-order valence-electron chi connectivity index (χ2n) is 7.53. The monoisotopic (exact) mass is 420 g/mol. The molecule has 4 rings (SSSR count). The van der Waals surface area contributed by atoms with E-state index in [1.165, 1.54) is 5.56 Å². The molecule has 1 saturated heterocycles. The fraction of sp³-hybridized carbons (Fsp3) is 0.320. The lowest BCUT2D eigenvalue weighted by atomic mass is 10.2. The third kappa shape index (κ3) is 5.02. The second kappa shape index (κ2) is 9.60. The number of benzene rings is 2. The third-order valence-corrected chi connectivity index (χ3v) is 5.59. The zero-order chi connectivity index (χ0) is 21.6. The third-order valence-electron chi connectivity index (χ3n) is 5.59. The highest BCUT2D eigenvalue weighted by atomic mass is 16.5. The molecule has 1 amide bonds. The first-order valence-corrected chi connectivity index (χ1v) is 10.6. The highest BCUT2D eigenvalue weighted by molar-refractivity contribution is 5.91. The number of methoxy groups -OCH3 is 1. The maximum absolute atomic E-state index is 12.8. The summed E-state index contributed by atoms with van der Waals surface area (Å²) < 4.78 is 16.8. The van der Waals surface area contributed by atoms with Crippen molar-refractivity contribution in [2.24, 2.45) is 0 Å². The van der Waals surface area contributed by atoms with Crippen molar-refractivity contribution in [1.82, 2.24) is 4.90 Å². The predicted octanol–water partition coefficient (Wildman–Crippen LogP) is 4.39. The molecule has 0 spiro atoms. The molecular formula is C25H28N2O4. The molecule has 0 atom stereocenters. The van der Waals surface area contributed by atoms with Gasteiger partial charge in [-0.25, -0.2) is 0 Å². The van der Waals surface area contributed by atoms with Gasteiger partial charge >= 0.3 is 0 Å². The number of furan rings is 1. The minimum Gasteiger partial charge on any atom is -0.497 e. The van der Waals surface area contributed by atoms with E-state index in [9.17, 15) is 4.79 Å². The van der Waals surface area contributed by atoms with Gasteiger partial charge in [0.15, 0.2) is 5.76 Å². The van der Waals surface area contributed by atoms with Crippen molar-refractivity contribution in [3.63, 3.8) is 0 Å². The average Bonchev–Trinajstić information content (AvgIpc) is 3.32. The van der Waals surface area contributed by atoms with E-state index in [4.69, 9.17) is 13.9 Å². The van der Waals surface area contributed by atoms with Crippen LogP contribution in [0.4, 0.5) is 5.69 Å². The van der Waals surface area contributed by atoms with Crippen molar-refractivity contribution in [1.29, 1.82) is 0 Å². The van der Waals surface area contributed by atoms with Crippen molar-refractivity contribution in [2.75, 3.05) is 38.2 Å². The lowest BCUT2D eigenvalue weighted by Crippen LogP contribution is -2.48. The lowest BCUT2D eigenvalue weighted by Gasteiger charge is -2.35. The van der Waals surface area contributed by atoms with Crippen LogP contribution in [0.5, 0.6) is 11.5 Å². The predicted molar refractivity (Wildman–Crippen MR) is 120 cm³/mol. The summed E-state index contributed by atoms with van der Waals surface area (Å²) in [6, 6.07) is 19.6. The summed E-state index contributed by atoms with van der Waals surface area (Å²) in [7, 11) is 1.66. The Hall–Kier alpha value is -3.41. The van der Waals surface area contributed by atoms with E-state index in [-0.39, 0.29) is 5.91 Å². The minimum absolute atomic E-state index is 0.0760. The van der Waals surface area contributed by atoms with E-state index in [1.54, 1.807) is 19.2 Å². The largest absolute Gasteiger partial charge is 0.497 e. The molecule has 2 heterocycles. The van der Waals surface area contributed by atoms with Crippen molar-refractivity contribution in [3.05, 3.63) is 77.7 Å². The Morgan fingerprint density at radius 3 is 2.23 bits per heavy atom. The zero-order valence-electron chi connectivity index (χ0n) is 18.0. The molecular weight excluding hydrogens is 392 g/mol. The number of ether oxygens (including phenoxy) is 2. The van der Waals surface area contributed by atoms with Gasteiger partial charge in [-0.2, -0.15) is 0 Å². The van der Waals surface area contributed by atoms with Crippen LogP contribution in [0.15, 0.2) is 65.1 Å². The summed E-state index contributed by atoms with van der Waals surface area (Å²) in [6.45, 7) is 5.29. The van der Waals surface area contributed by atoms with E-state index >= 15 is 0 Å². The molecule has 0 unspecified atom stereocenters. The van der Waals surface area contributed by atoms with Crippen molar-refractivity contribution < 1.29 is 18.7 Å². The van der Waals surface area contributed by atoms with E-state index in [1.807, 2.05) is 41.3 Å². The maximum atomic E-state index is 12.8. The Morgan fingerprint density at radius 1 is 0.903 bits per heavy atom. The first-order valence-electron chi connectivity index (χ1n) is 10.6. The number of carbonyl (C=O) groups excluding carboxylic acids is 1. The average molecular weight is 421 g/mol. The Bertz CT molecular complexity index is 987. The number of nitrogens with zero attached hydrogens (tertiary/aromatic N) is 2. The number of hydrogen-bond donors (Lipinski definition) is 0. The van der Waals surface area contributed by atoms with Gasteiger partial charge in [-0.1, -0.05) is 19.1 Å². The van der Waals surface area contributed by atoms with Crippen LogP contribution in [-0.4, -0.2) is 44.1 Å². The smallest absolute Gasteiger partial charge is 0.289 e. The molecule has 6 heteroatoms. The zero-order valence-corrected chi connectivity index (χ0v) is 18.0. The van der Waals surface area contributed by atoms with Gasteiger partial charge in [0, 0.05) is 31.9 Å². The molecule has 6 nitrogen and oxygen atoms in total. The van der Waals surface area contributed by atoms with Crippen LogP contribution in [0.1, 0.15) is 28.8 Å². The normalized spacial score (nSPS) is 13.9. The molecule has 0 bridgehead atoms. The van der Waals surface area contributed by atoms with Crippen molar-refractivity contribution in [3.8, 4) is 11.5 Å². The first kappa shape index (κ1) is 20.8. The fourth-order valence-corrected chi connectivity index (χ4v) is 3.66. The first-order chi connectivity index (χ1) is 15.2. The van der Waals surface area contributed by atoms with Gasteiger partial charge in [-0.05, 0) is 60.5 Å². The van der Waals surface area contributed by atoms with Crippen molar-refractivity contribution >= 4 is 11.6 Å². The summed E-state index contributed by atoms with van der Waals surface area (Å²) in [4.78, 5) is 17.0. The molecule has 162 valence electrons. The topological polar surface area (TPSA) is 55.2 Å². The molecule has 0 aliphatic carbocycles. The van der Waals surface area contributed by atoms with Gasteiger partial charge in [0.1, 0.15) is 23.9 Å². The number of piperazine rings is 1. The Labute approximate surface area is 183 Å². The highest BCUT2D eigenvalue weighted by Gasteiger charge is 2.24. The van der Waals surface area contributed by atoms with Crippen LogP contribution in [0.3, 0.4) is 0 Å². The molecule has 1 fully saturated rings. The summed E-state index contributed by atoms with van der Waals surface area (Å²) in [5.41, 5.74) is 2.41. The van der Waals surface area contributed by atoms with Gasteiger partial charge < -0.3 is 23.7 Å². The Morgan fingerprint density at radius 2 is 1.58 bits per heavy atom. The van der Waals surface area contributed by atoms with Crippen LogP contribution in [0, 0.1) is 0 Å². The van der Waals surface area contributed by atoms with E-state index in [0.717, 1.165) is 36.7 Å². The Kier molecular flexibility index (Phi) is 6.46. The summed E-state index contributed by atoms with van der Waals surface area (Å²) >= 11 is 0. The molecule has 0 N–H and O–H groups in total. The molecule has 3 aromatic rings. The number of anilines is 1. The molecule has 1 aromatic heterocycles. The second-order valence-corrected chi connectivity index (χ2v) is 7.53. The lowest BCUT2D eigenvalue weighted by molar-refractivity contribution is 0.0710. The fourth-order valence-electron chi connectivity index (χ4n) is 3.66. The number of rotatable bonds is 7. The molecule has 1 aliphatic rings. The van der Waals surface area contributed by atoms with E-state index in [0.29, 0.717) is 31.2 Å². The molecule has 2 aromatic carbocycles. The quantitative estimate of drug-likeness (QED) is 0.567. The van der Waals surface area contributed by atoms with Gasteiger partial charge in [0.25, 0.3) is 5.91 Å². The van der Waals surface area contributed by atoms with Crippen molar-refractivity contribution in [2.45, 2.75) is 20.0 Å². The molecule has 0 saturated carbocycles. The molecule has 1 aliphatic heterocycles. The van der Waals surface area contributed by atoms with Crippen LogP contribution < -0.4 is 14.4 Å². The van der Waals surface area contributed by atoms with Crippen LogP contribution in [0.25, 0.3) is 0 Å². The van der Waals surface area contributed by atoms with Crippen LogP contribution in [0.2, 0.25) is 0 Å². The summed E-state index contributed by atoms with van der Waals surface area (Å²) in [5, 5.41) is 0. The SMILES string of the molecule is CCc1ccc(OCc2ccc(C(=O)N3CCN(c4ccc(OC)cc4)CC3)o2)cc1. The maximum Gasteiger partial charge on any atom is 0.289 e. The minimum atomic E-state index is -0.0760. The molecule has 0 radical (unpaired) electrons. The number of carbonyl (C=O) groups is 1. The van der Waals surface area contributed by atoms with Crippen LogP contribution in [-0.2, 0) is 13.0 Å². The Balaban J connectivity index is 1.29. The van der Waals surface area contributed by atoms with Gasteiger partial charge in [-0.15, -0.1) is 0 Å². The standard InChI is InChI=1S/C25H28N2O4/c1-3-19-4-8-22(9-5-19)30-18-23-12-13-24(31-23)25(28)27-16-14-26(15-17-27)20-6-10-21(29-2)11-7-20/h4-13H,3,14-18H2,1-2H3. The highest BCUT2D eigenvalue weighted by Crippen LogP contribution is 2.22. The van der Waals surface area contributed by atoms with Gasteiger partial charge in [0.2, 0.25) is 0 Å². The number of hydrogen-bond acceptors (Lipinski definition) is 5. The van der Waals surface area contributed by atoms with Crippen LogP contribution >= 0.6 is 0 Å². The van der Waals surface area contributed by atoms with Gasteiger partial charge in [-0.3, -0.25) is 4.79 Å². The molecule has 31 heavy (non-hydrogen) atoms. The van der Waals surface area contributed by atoms with E-state index in [2.05, 4.69) is 24.0 Å². The number of amides is 1. The van der Waals surface area contributed by atoms with Gasteiger partial charge in [0.05, 0.1) is 7.11 Å².